The van der Waals surface area contributed by atoms with Gasteiger partial charge in [-0.05, 0) is 24.3 Å². The molecule has 0 atom stereocenters. The molecule has 0 unspecified atom stereocenters. The lowest BCUT2D eigenvalue weighted by molar-refractivity contribution is -0.123. The van der Waals surface area contributed by atoms with Crippen LogP contribution in [0.15, 0.2) is 33.8 Å². The summed E-state index contributed by atoms with van der Waals surface area (Å²) in [5.74, 6) is 1.46. The first-order chi connectivity index (χ1) is 11.9. The van der Waals surface area contributed by atoms with Gasteiger partial charge in [0.1, 0.15) is 18.1 Å². The Morgan fingerprint density at radius 1 is 1.32 bits per heavy atom. The lowest BCUT2D eigenvalue weighted by Gasteiger charge is -2.09. The predicted molar refractivity (Wildman–Crippen MR) is 104 cm³/mol. The molecular weight excluding hydrogens is 427 g/mol. The van der Waals surface area contributed by atoms with Gasteiger partial charge in [-0.15, -0.1) is 0 Å². The monoisotopic (exact) mass is 434 g/mol. The predicted octanol–water partition coefficient (Wildman–Crippen LogP) is 5.01. The van der Waals surface area contributed by atoms with E-state index in [1.54, 1.807) is 24.3 Å². The second-order valence-electron chi connectivity index (χ2n) is 4.80. The van der Waals surface area contributed by atoms with E-state index < -0.39 is 0 Å². The Labute approximate surface area is 167 Å². The molecule has 1 fully saturated rings. The fourth-order valence-corrected chi connectivity index (χ4v) is 3.82. The maximum absolute atomic E-state index is 11.6. The number of rotatable bonds is 5. The summed E-state index contributed by atoms with van der Waals surface area (Å²) in [6.45, 7) is 0.117. The summed E-state index contributed by atoms with van der Waals surface area (Å²) in [4.78, 5) is 11.6. The summed E-state index contributed by atoms with van der Waals surface area (Å²) in [6.07, 6.45) is 1.42. The second-order valence-corrected chi connectivity index (χ2v) is 7.66. The molecule has 130 valence electrons. The van der Waals surface area contributed by atoms with Crippen LogP contribution in [0.4, 0.5) is 0 Å². The number of benzene rings is 1. The summed E-state index contributed by atoms with van der Waals surface area (Å²) in [5, 5.41) is 6.24. The largest absolute Gasteiger partial charge is 0.483 e. The van der Waals surface area contributed by atoms with Gasteiger partial charge in [0.2, 0.25) is 0 Å². The number of hydrazone groups is 1. The highest BCUT2D eigenvalue weighted by Crippen LogP contribution is 2.36. The third-order valence-electron chi connectivity index (χ3n) is 3.03. The van der Waals surface area contributed by atoms with Gasteiger partial charge in [0.25, 0.3) is 5.91 Å². The molecule has 0 saturated carbocycles. The fraction of sp³-hybridized carbons (Fsp3) is 0.133. The second kappa shape index (κ2) is 7.97. The number of thiocarbonyl (C=S) groups is 1. The van der Waals surface area contributed by atoms with Gasteiger partial charge < -0.3 is 9.15 Å². The Morgan fingerprint density at radius 2 is 2.04 bits per heavy atom. The third-order valence-corrected chi connectivity index (χ3v) is 5.15. The number of hydrogen-bond acceptors (Lipinski definition) is 6. The van der Waals surface area contributed by atoms with E-state index >= 15 is 0 Å². The van der Waals surface area contributed by atoms with Crippen molar-refractivity contribution in [1.82, 2.24) is 5.01 Å². The molecule has 0 N–H and O–H groups in total. The van der Waals surface area contributed by atoms with E-state index in [0.29, 0.717) is 42.4 Å². The average Bonchev–Trinajstić information content (AvgIpc) is 3.11. The molecule has 25 heavy (non-hydrogen) atoms. The molecule has 10 heteroatoms. The molecule has 1 aromatic heterocycles. The van der Waals surface area contributed by atoms with Crippen LogP contribution >= 0.6 is 58.8 Å². The Balaban J connectivity index is 1.64. The van der Waals surface area contributed by atoms with Crippen molar-refractivity contribution < 1.29 is 13.9 Å². The van der Waals surface area contributed by atoms with E-state index in [1.165, 1.54) is 23.0 Å². The van der Waals surface area contributed by atoms with Gasteiger partial charge in [0, 0.05) is 5.02 Å². The molecule has 0 spiro atoms. The Bertz CT molecular complexity index is 830. The van der Waals surface area contributed by atoms with Crippen molar-refractivity contribution >= 4 is 75.2 Å². The highest BCUT2D eigenvalue weighted by atomic mass is 35.5. The quantitative estimate of drug-likeness (QED) is 0.488. The molecular formula is C15H9Cl3N2O3S2. The van der Waals surface area contributed by atoms with Crippen molar-refractivity contribution in [1.29, 1.82) is 0 Å². The maximum Gasteiger partial charge on any atom is 0.259 e. The summed E-state index contributed by atoms with van der Waals surface area (Å²) in [7, 11) is 0. The molecule has 3 rings (SSSR count). The molecule has 1 amide bonds. The number of halogens is 3. The van der Waals surface area contributed by atoms with Gasteiger partial charge in [-0.2, -0.15) is 10.1 Å². The van der Waals surface area contributed by atoms with Crippen molar-refractivity contribution in [3.05, 3.63) is 50.9 Å². The maximum atomic E-state index is 11.6. The molecule has 0 radical (unpaired) electrons. The summed E-state index contributed by atoms with van der Waals surface area (Å²) >= 11 is 24.3. The first-order valence-electron chi connectivity index (χ1n) is 6.84. The van der Waals surface area contributed by atoms with Crippen molar-refractivity contribution in [3.8, 4) is 5.75 Å². The SMILES string of the molecule is O=C1CSC(=S)N1/N=C/c1ccc(COc2c(Cl)cc(Cl)cc2Cl)o1. The standard InChI is InChI=1S/C15H9Cl3N2O3S2/c16-8-3-11(17)14(12(18)4-8)22-6-10-2-1-9(23-10)5-19-20-13(21)7-25-15(20)24/h1-5H,6-7H2/b19-5+. The summed E-state index contributed by atoms with van der Waals surface area (Å²) < 4.78 is 11.6. The van der Waals surface area contributed by atoms with Crippen LogP contribution in [-0.4, -0.2) is 27.2 Å². The molecule has 5 nitrogen and oxygen atoms in total. The molecule has 2 heterocycles. The molecule has 2 aromatic rings. The first-order valence-corrected chi connectivity index (χ1v) is 9.36. The zero-order chi connectivity index (χ0) is 18.0. The lowest BCUT2D eigenvalue weighted by atomic mass is 10.3. The van der Waals surface area contributed by atoms with Crippen LogP contribution in [0.2, 0.25) is 15.1 Å². The van der Waals surface area contributed by atoms with E-state index in [4.69, 9.17) is 56.2 Å². The number of amides is 1. The van der Waals surface area contributed by atoms with E-state index in [1.807, 2.05) is 0 Å². The van der Waals surface area contributed by atoms with Gasteiger partial charge in [-0.25, -0.2) is 0 Å². The summed E-state index contributed by atoms with van der Waals surface area (Å²) in [5.41, 5.74) is 0. The minimum atomic E-state index is -0.159. The highest BCUT2D eigenvalue weighted by Gasteiger charge is 2.26. The number of ether oxygens (including phenoxy) is 1. The molecule has 0 aliphatic carbocycles. The van der Waals surface area contributed by atoms with Gasteiger partial charge >= 0.3 is 0 Å². The highest BCUT2D eigenvalue weighted by molar-refractivity contribution is 8.23. The average molecular weight is 436 g/mol. The minimum absolute atomic E-state index is 0.117. The zero-order valence-electron chi connectivity index (χ0n) is 12.4. The summed E-state index contributed by atoms with van der Waals surface area (Å²) in [6, 6.07) is 6.50. The van der Waals surface area contributed by atoms with Crippen molar-refractivity contribution in [3.63, 3.8) is 0 Å². The Kier molecular flexibility index (Phi) is 5.91. The van der Waals surface area contributed by atoms with Crippen molar-refractivity contribution in [2.75, 3.05) is 5.75 Å². The molecule has 1 aliphatic heterocycles. The van der Waals surface area contributed by atoms with Crippen LogP contribution in [-0.2, 0) is 11.4 Å². The zero-order valence-corrected chi connectivity index (χ0v) is 16.3. The van der Waals surface area contributed by atoms with Crippen LogP contribution in [0.3, 0.4) is 0 Å². The van der Waals surface area contributed by atoms with Crippen LogP contribution in [0.5, 0.6) is 5.75 Å². The Morgan fingerprint density at radius 3 is 2.68 bits per heavy atom. The van der Waals surface area contributed by atoms with Gasteiger partial charge in [0.05, 0.1) is 22.0 Å². The van der Waals surface area contributed by atoms with Crippen LogP contribution in [0.25, 0.3) is 0 Å². The Hall–Kier alpha value is -1.25. The van der Waals surface area contributed by atoms with Gasteiger partial charge in [-0.1, -0.05) is 58.8 Å². The van der Waals surface area contributed by atoms with Gasteiger partial charge in [-0.3, -0.25) is 4.79 Å². The van der Waals surface area contributed by atoms with E-state index in [2.05, 4.69) is 5.10 Å². The lowest BCUT2D eigenvalue weighted by Crippen LogP contribution is -2.22. The number of nitrogens with zero attached hydrogens (tertiary/aromatic N) is 2. The van der Waals surface area contributed by atoms with Crippen LogP contribution < -0.4 is 4.74 Å². The molecule has 1 aromatic carbocycles. The number of carbonyl (C=O) groups is 1. The third kappa shape index (κ3) is 4.48. The topological polar surface area (TPSA) is 55.0 Å². The van der Waals surface area contributed by atoms with Crippen molar-refractivity contribution in [2.45, 2.75) is 6.61 Å². The molecule has 1 saturated heterocycles. The normalized spacial score (nSPS) is 14.8. The number of hydrogen-bond donors (Lipinski definition) is 0. The molecule has 1 aliphatic rings. The fourth-order valence-electron chi connectivity index (χ4n) is 1.93. The van der Waals surface area contributed by atoms with Crippen LogP contribution in [0, 0.1) is 0 Å². The number of furan rings is 1. The van der Waals surface area contributed by atoms with Gasteiger partial charge in [0.15, 0.2) is 10.1 Å². The molecule has 0 bridgehead atoms. The van der Waals surface area contributed by atoms with E-state index in [9.17, 15) is 4.79 Å². The van der Waals surface area contributed by atoms with Crippen molar-refractivity contribution in [2.24, 2.45) is 5.10 Å². The number of thioether (sulfide) groups is 1. The van der Waals surface area contributed by atoms with E-state index in [-0.39, 0.29) is 12.5 Å². The van der Waals surface area contributed by atoms with Crippen LogP contribution in [0.1, 0.15) is 11.5 Å². The first kappa shape index (κ1) is 18.5. The smallest absolute Gasteiger partial charge is 0.259 e. The minimum Gasteiger partial charge on any atom is -0.483 e. The van der Waals surface area contributed by atoms with E-state index in [0.717, 1.165) is 0 Å². The number of carbonyl (C=O) groups excluding carboxylic acids is 1.